The second-order valence-corrected chi connectivity index (χ2v) is 7.14. The lowest BCUT2D eigenvalue weighted by Crippen LogP contribution is -2.37. The van der Waals surface area contributed by atoms with E-state index in [0.717, 1.165) is 11.1 Å². The Hall–Kier alpha value is -2.79. The Labute approximate surface area is 170 Å². The van der Waals surface area contributed by atoms with Crippen LogP contribution in [0.4, 0.5) is 0 Å². The molecular weight excluding hydrogens is 376 g/mol. The highest BCUT2D eigenvalue weighted by Gasteiger charge is 2.29. The van der Waals surface area contributed by atoms with Gasteiger partial charge in [-0.25, -0.2) is 0 Å². The number of amides is 2. The molecule has 1 heterocycles. The number of ether oxygens (including phenoxy) is 1. The van der Waals surface area contributed by atoms with Gasteiger partial charge in [0.1, 0.15) is 12.4 Å². The number of nitrogens with zero attached hydrogens (tertiary/aromatic N) is 2. The predicted molar refractivity (Wildman–Crippen MR) is 110 cm³/mol. The number of halogens is 1. The first kappa shape index (κ1) is 20.0. The summed E-state index contributed by atoms with van der Waals surface area (Å²) in [6, 6.07) is 14.6. The number of hydrogen-bond acceptors (Lipinski definition) is 3. The molecule has 0 aliphatic carbocycles. The van der Waals surface area contributed by atoms with Gasteiger partial charge in [0.25, 0.3) is 0 Å². The second kappa shape index (κ2) is 8.93. The number of fused-ring (bicyclic) bond motifs is 1. The average Bonchev–Trinajstić information content (AvgIpc) is 2.69. The molecule has 5 nitrogen and oxygen atoms in total. The van der Waals surface area contributed by atoms with Gasteiger partial charge in [-0.05, 0) is 41.5 Å². The fraction of sp³-hybridized carbons (Fsp3) is 0.273. The molecule has 0 aromatic heterocycles. The molecule has 0 bridgehead atoms. The number of carbonyl (C=O) groups is 2. The van der Waals surface area contributed by atoms with Gasteiger partial charge in [-0.15, -0.1) is 0 Å². The zero-order valence-electron chi connectivity index (χ0n) is 16.0. The van der Waals surface area contributed by atoms with Crippen LogP contribution in [0.5, 0.6) is 5.75 Å². The molecule has 0 fully saturated rings. The molecule has 1 aliphatic heterocycles. The molecule has 3 rings (SSSR count). The van der Waals surface area contributed by atoms with Crippen LogP contribution in [0.3, 0.4) is 0 Å². The third-order valence-corrected chi connectivity index (χ3v) is 5.02. The van der Waals surface area contributed by atoms with Gasteiger partial charge >= 0.3 is 0 Å². The topological polar surface area (TPSA) is 49.9 Å². The normalized spacial score (nSPS) is 15.1. The van der Waals surface area contributed by atoms with Crippen molar-refractivity contribution in [2.45, 2.75) is 19.4 Å². The minimum Gasteiger partial charge on any atom is -0.492 e. The molecular formula is C22H23ClN2O3. The predicted octanol–water partition coefficient (Wildman–Crippen LogP) is 4.14. The van der Waals surface area contributed by atoms with Crippen molar-refractivity contribution in [1.82, 2.24) is 9.80 Å². The number of benzene rings is 2. The van der Waals surface area contributed by atoms with E-state index in [-0.39, 0.29) is 24.3 Å². The molecule has 6 heteroatoms. The summed E-state index contributed by atoms with van der Waals surface area (Å²) in [5.74, 6) is 0.581. The lowest BCUT2D eigenvalue weighted by molar-refractivity contribution is -0.134. The molecule has 0 unspecified atom stereocenters. The van der Waals surface area contributed by atoms with Crippen LogP contribution in [0.25, 0.3) is 6.08 Å². The maximum absolute atomic E-state index is 12.8. The second-order valence-electron chi connectivity index (χ2n) is 6.71. The molecule has 2 aromatic carbocycles. The van der Waals surface area contributed by atoms with E-state index in [1.807, 2.05) is 30.3 Å². The van der Waals surface area contributed by atoms with Crippen LogP contribution in [0, 0.1) is 0 Å². The van der Waals surface area contributed by atoms with Gasteiger partial charge in [-0.3, -0.25) is 9.59 Å². The van der Waals surface area contributed by atoms with Gasteiger partial charge < -0.3 is 14.5 Å². The Morgan fingerprint density at radius 2 is 1.86 bits per heavy atom. The van der Waals surface area contributed by atoms with Crippen LogP contribution >= 0.6 is 11.6 Å². The zero-order valence-corrected chi connectivity index (χ0v) is 16.7. The lowest BCUT2D eigenvalue weighted by Gasteiger charge is -2.33. The van der Waals surface area contributed by atoms with Crippen molar-refractivity contribution in [3.63, 3.8) is 0 Å². The molecule has 0 N–H and O–H groups in total. The van der Waals surface area contributed by atoms with E-state index in [1.165, 1.54) is 6.92 Å². The van der Waals surface area contributed by atoms with E-state index in [9.17, 15) is 9.59 Å². The van der Waals surface area contributed by atoms with Crippen molar-refractivity contribution >= 4 is 29.5 Å². The van der Waals surface area contributed by atoms with Gasteiger partial charge in [-0.2, -0.15) is 0 Å². The quantitative estimate of drug-likeness (QED) is 0.734. The maximum atomic E-state index is 12.8. The molecule has 1 atom stereocenters. The molecule has 0 saturated heterocycles. The first-order chi connectivity index (χ1) is 13.5. The molecule has 0 saturated carbocycles. The molecule has 28 heavy (non-hydrogen) atoms. The van der Waals surface area contributed by atoms with Crippen LogP contribution in [-0.2, 0) is 9.59 Å². The van der Waals surface area contributed by atoms with E-state index in [1.54, 1.807) is 47.3 Å². The van der Waals surface area contributed by atoms with Gasteiger partial charge in [-0.1, -0.05) is 35.9 Å². The largest absolute Gasteiger partial charge is 0.492 e. The summed E-state index contributed by atoms with van der Waals surface area (Å²) in [6.45, 7) is 2.34. The Balaban J connectivity index is 1.61. The Bertz CT molecular complexity index is 880. The SMILES string of the molecule is CC(=O)N1C=Cc2ccccc2[C@H]1CC(=O)N(C)CCOc1ccc(Cl)cc1. The van der Waals surface area contributed by atoms with Crippen molar-refractivity contribution in [1.29, 1.82) is 0 Å². The highest BCUT2D eigenvalue weighted by Crippen LogP contribution is 2.33. The summed E-state index contributed by atoms with van der Waals surface area (Å²) >= 11 is 5.86. The first-order valence-corrected chi connectivity index (χ1v) is 9.52. The summed E-state index contributed by atoms with van der Waals surface area (Å²) in [5.41, 5.74) is 2.02. The molecule has 0 radical (unpaired) electrons. The summed E-state index contributed by atoms with van der Waals surface area (Å²) in [5, 5.41) is 0.650. The van der Waals surface area contributed by atoms with Crippen LogP contribution in [-0.4, -0.2) is 41.8 Å². The minimum absolute atomic E-state index is 0.0407. The van der Waals surface area contributed by atoms with Gasteiger partial charge in [0.15, 0.2) is 0 Å². The number of carbonyl (C=O) groups excluding carboxylic acids is 2. The zero-order chi connectivity index (χ0) is 20.1. The molecule has 146 valence electrons. The number of hydrogen-bond donors (Lipinski definition) is 0. The van der Waals surface area contributed by atoms with E-state index in [2.05, 4.69) is 0 Å². The van der Waals surface area contributed by atoms with E-state index in [0.29, 0.717) is 23.9 Å². The monoisotopic (exact) mass is 398 g/mol. The van der Waals surface area contributed by atoms with Crippen LogP contribution in [0.15, 0.2) is 54.7 Å². The Kier molecular flexibility index (Phi) is 6.37. The van der Waals surface area contributed by atoms with Crippen LogP contribution < -0.4 is 4.74 Å². The summed E-state index contributed by atoms with van der Waals surface area (Å²) < 4.78 is 5.66. The minimum atomic E-state index is -0.300. The van der Waals surface area contributed by atoms with Crippen LogP contribution in [0.2, 0.25) is 5.02 Å². The number of rotatable bonds is 6. The van der Waals surface area contributed by atoms with Crippen molar-refractivity contribution in [2.75, 3.05) is 20.2 Å². The van der Waals surface area contributed by atoms with Crippen molar-refractivity contribution in [3.05, 3.63) is 70.9 Å². The highest BCUT2D eigenvalue weighted by atomic mass is 35.5. The molecule has 0 spiro atoms. The standard InChI is InChI=1S/C22H23ClN2O3/c1-16(26)25-12-11-17-5-3-4-6-20(17)21(25)15-22(27)24(2)13-14-28-19-9-7-18(23)8-10-19/h3-12,21H,13-15H2,1-2H3/t21-/m1/s1. The summed E-state index contributed by atoms with van der Waals surface area (Å²) in [6.07, 6.45) is 3.88. The van der Waals surface area contributed by atoms with Gasteiger partial charge in [0, 0.05) is 25.2 Å². The third-order valence-electron chi connectivity index (χ3n) is 4.77. The average molecular weight is 399 g/mol. The van der Waals surface area contributed by atoms with Gasteiger partial charge in [0.2, 0.25) is 11.8 Å². The fourth-order valence-electron chi connectivity index (χ4n) is 3.19. The summed E-state index contributed by atoms with van der Waals surface area (Å²) in [7, 11) is 1.75. The maximum Gasteiger partial charge on any atom is 0.224 e. The molecule has 1 aliphatic rings. The Morgan fingerprint density at radius 3 is 2.57 bits per heavy atom. The van der Waals surface area contributed by atoms with Crippen molar-refractivity contribution in [3.8, 4) is 5.75 Å². The molecule has 2 amide bonds. The fourth-order valence-corrected chi connectivity index (χ4v) is 3.32. The molecule has 2 aromatic rings. The van der Waals surface area contributed by atoms with E-state index in [4.69, 9.17) is 16.3 Å². The van der Waals surface area contributed by atoms with Crippen molar-refractivity contribution in [2.24, 2.45) is 0 Å². The van der Waals surface area contributed by atoms with Crippen LogP contribution in [0.1, 0.15) is 30.5 Å². The van der Waals surface area contributed by atoms with E-state index < -0.39 is 0 Å². The smallest absolute Gasteiger partial charge is 0.224 e. The number of likely N-dealkylation sites (N-methyl/N-ethyl adjacent to an activating group) is 1. The Morgan fingerprint density at radius 1 is 1.14 bits per heavy atom. The third kappa shape index (κ3) is 4.73. The van der Waals surface area contributed by atoms with Gasteiger partial charge in [0.05, 0.1) is 19.0 Å². The highest BCUT2D eigenvalue weighted by molar-refractivity contribution is 6.30. The van der Waals surface area contributed by atoms with Crippen molar-refractivity contribution < 1.29 is 14.3 Å². The lowest BCUT2D eigenvalue weighted by atomic mass is 9.93. The summed E-state index contributed by atoms with van der Waals surface area (Å²) in [4.78, 5) is 28.1. The van der Waals surface area contributed by atoms with E-state index >= 15 is 0 Å². The first-order valence-electron chi connectivity index (χ1n) is 9.14.